The van der Waals surface area contributed by atoms with Crippen molar-refractivity contribution in [3.8, 4) is 0 Å². The summed E-state index contributed by atoms with van der Waals surface area (Å²) in [6.45, 7) is 1.63. The van der Waals surface area contributed by atoms with Crippen molar-refractivity contribution in [3.63, 3.8) is 0 Å². The number of carbonyl (C=O) groups excluding carboxylic acids is 2. The number of pyridine rings is 1. The largest absolute Gasteiger partial charge is 0.388 e. The van der Waals surface area contributed by atoms with Crippen LogP contribution < -0.4 is 10.9 Å². The van der Waals surface area contributed by atoms with E-state index < -0.39 is 5.60 Å². The van der Waals surface area contributed by atoms with Crippen molar-refractivity contribution in [2.75, 3.05) is 25.0 Å². The van der Waals surface area contributed by atoms with Crippen molar-refractivity contribution in [1.82, 2.24) is 19.4 Å². The summed E-state index contributed by atoms with van der Waals surface area (Å²) < 4.78 is 6.92. The van der Waals surface area contributed by atoms with Crippen LogP contribution in [0.5, 0.6) is 0 Å². The van der Waals surface area contributed by atoms with E-state index in [1.54, 1.807) is 12.1 Å². The molecule has 1 aromatic carbocycles. The van der Waals surface area contributed by atoms with Crippen molar-refractivity contribution in [2.45, 2.75) is 82.0 Å². The lowest BCUT2D eigenvalue weighted by Gasteiger charge is -2.41. The van der Waals surface area contributed by atoms with Gasteiger partial charge in [-0.2, -0.15) is 0 Å². The quantitative estimate of drug-likeness (QED) is 0.442. The molecule has 1 aliphatic carbocycles. The number of nitrogens with zero attached hydrogens (tertiary/aromatic N) is 4. The van der Waals surface area contributed by atoms with Crippen molar-refractivity contribution in [1.29, 1.82) is 0 Å². The third-order valence-electron chi connectivity index (χ3n) is 9.16. The van der Waals surface area contributed by atoms with E-state index in [1.165, 1.54) is 16.5 Å². The summed E-state index contributed by atoms with van der Waals surface area (Å²) >= 11 is 0. The van der Waals surface area contributed by atoms with Crippen molar-refractivity contribution < 1.29 is 19.4 Å². The first-order valence-electron chi connectivity index (χ1n) is 15.2. The lowest BCUT2D eigenvalue weighted by Crippen LogP contribution is -2.51. The summed E-state index contributed by atoms with van der Waals surface area (Å²) in [6.07, 6.45) is 8.26. The molecule has 0 spiro atoms. The number of nitrogens with one attached hydrogen (secondary N) is 1. The highest BCUT2D eigenvalue weighted by Crippen LogP contribution is 2.39. The Balaban J connectivity index is 1.10. The number of hydrogen-bond acceptors (Lipinski definition) is 7. The molecule has 0 bridgehead atoms. The monoisotopic (exact) mass is 573 g/mol. The first-order valence-corrected chi connectivity index (χ1v) is 15.2. The van der Waals surface area contributed by atoms with Crippen molar-refractivity contribution in [3.05, 3.63) is 64.7 Å². The second kappa shape index (κ2) is 12.3. The first-order chi connectivity index (χ1) is 20.4. The lowest BCUT2D eigenvalue weighted by atomic mass is 9.74. The standard InChI is InChI=1S/C32H39N5O5/c38-28(19-23-9-6-18-42-23)34-27-13-12-26-29(35-27)31(40)37(21-33-26)20-32(41)14-16-36(17-15-32)30(39)25-11-5-4-10-24(25)22-7-2-1-3-8-22/h1-3,7-8,12-13,21,23-25,41H,4-6,9-11,14-20H2,(H,34,35,38). The van der Waals surface area contributed by atoms with Crippen molar-refractivity contribution >= 4 is 28.7 Å². The summed E-state index contributed by atoms with van der Waals surface area (Å²) in [4.78, 5) is 50.1. The minimum absolute atomic E-state index is 0.0360. The highest BCUT2D eigenvalue weighted by Gasteiger charge is 2.39. The van der Waals surface area contributed by atoms with Gasteiger partial charge in [0.05, 0.1) is 36.5 Å². The fraction of sp³-hybridized carbons (Fsp3) is 0.531. The van der Waals surface area contributed by atoms with E-state index in [1.807, 2.05) is 23.1 Å². The molecular formula is C32H39N5O5. The van der Waals surface area contributed by atoms with Gasteiger partial charge in [0.2, 0.25) is 11.8 Å². The smallest absolute Gasteiger partial charge is 0.280 e. The topological polar surface area (TPSA) is 127 Å². The second-order valence-electron chi connectivity index (χ2n) is 12.1. The number of likely N-dealkylation sites (tertiary alicyclic amines) is 1. The zero-order valence-corrected chi connectivity index (χ0v) is 23.9. The minimum atomic E-state index is -1.14. The van der Waals surface area contributed by atoms with E-state index in [4.69, 9.17) is 4.74 Å². The molecule has 222 valence electrons. The molecule has 2 saturated heterocycles. The van der Waals surface area contributed by atoms with E-state index in [0.29, 0.717) is 38.1 Å². The van der Waals surface area contributed by atoms with Crippen molar-refractivity contribution in [2.24, 2.45) is 5.92 Å². The fourth-order valence-electron chi connectivity index (χ4n) is 6.80. The number of anilines is 1. The van der Waals surface area contributed by atoms with Crippen LogP contribution in [0.4, 0.5) is 5.82 Å². The average molecular weight is 574 g/mol. The van der Waals surface area contributed by atoms with Gasteiger partial charge in [0.25, 0.3) is 5.56 Å². The number of hydrogen-bond donors (Lipinski definition) is 2. The maximum atomic E-state index is 13.6. The normalized spacial score (nSPS) is 24.0. The molecule has 4 heterocycles. The molecule has 0 radical (unpaired) electrons. The average Bonchev–Trinajstić information content (AvgIpc) is 3.52. The van der Waals surface area contributed by atoms with Crippen LogP contribution in [-0.2, 0) is 20.9 Å². The third-order valence-corrected chi connectivity index (χ3v) is 9.16. The molecular weight excluding hydrogens is 534 g/mol. The van der Waals surface area contributed by atoms with Crippen LogP contribution in [0, 0.1) is 5.92 Å². The number of aliphatic hydroxyl groups is 1. The summed E-state index contributed by atoms with van der Waals surface area (Å²) in [5.74, 6) is 0.439. The zero-order chi connectivity index (χ0) is 29.1. The lowest BCUT2D eigenvalue weighted by molar-refractivity contribution is -0.142. The molecule has 2 aromatic heterocycles. The number of rotatable bonds is 7. The molecule has 2 aliphatic heterocycles. The van der Waals surface area contributed by atoms with Crippen LogP contribution in [0.15, 0.2) is 53.6 Å². The van der Waals surface area contributed by atoms with Crippen LogP contribution in [0.25, 0.3) is 11.0 Å². The van der Waals surface area contributed by atoms with Gasteiger partial charge in [0.15, 0.2) is 5.52 Å². The van der Waals surface area contributed by atoms with Crippen LogP contribution in [0.2, 0.25) is 0 Å². The molecule has 10 heteroatoms. The molecule has 3 aromatic rings. The summed E-state index contributed by atoms with van der Waals surface area (Å²) in [5, 5.41) is 14.2. The van der Waals surface area contributed by atoms with Gasteiger partial charge in [0, 0.05) is 25.6 Å². The Labute approximate surface area is 245 Å². The van der Waals surface area contributed by atoms with E-state index >= 15 is 0 Å². The summed E-state index contributed by atoms with van der Waals surface area (Å²) in [6, 6.07) is 13.6. The maximum absolute atomic E-state index is 13.6. The molecule has 3 atom stereocenters. The van der Waals surface area contributed by atoms with Gasteiger partial charge in [-0.15, -0.1) is 0 Å². The maximum Gasteiger partial charge on any atom is 0.280 e. The molecule has 3 unspecified atom stereocenters. The predicted octanol–water partition coefficient (Wildman–Crippen LogP) is 3.63. The Morgan fingerprint density at radius 1 is 1.02 bits per heavy atom. The molecule has 2 N–H and O–H groups in total. The van der Waals surface area contributed by atoms with Gasteiger partial charge >= 0.3 is 0 Å². The number of fused-ring (bicyclic) bond motifs is 1. The fourth-order valence-corrected chi connectivity index (χ4v) is 6.80. The number of aromatic nitrogens is 3. The van der Waals surface area contributed by atoms with Crippen LogP contribution in [0.3, 0.4) is 0 Å². The Bertz CT molecular complexity index is 1480. The summed E-state index contributed by atoms with van der Waals surface area (Å²) in [5.41, 5.74) is 0.254. The second-order valence-corrected chi connectivity index (χ2v) is 12.1. The predicted molar refractivity (Wildman–Crippen MR) is 158 cm³/mol. The number of ether oxygens (including phenoxy) is 1. The Morgan fingerprint density at radius 2 is 1.81 bits per heavy atom. The van der Waals surface area contributed by atoms with E-state index in [2.05, 4.69) is 27.4 Å². The summed E-state index contributed by atoms with van der Waals surface area (Å²) in [7, 11) is 0. The molecule has 42 heavy (non-hydrogen) atoms. The van der Waals surface area contributed by atoms with Gasteiger partial charge in [-0.25, -0.2) is 9.97 Å². The van der Waals surface area contributed by atoms with Gasteiger partial charge in [-0.3, -0.25) is 19.0 Å². The van der Waals surface area contributed by atoms with Crippen LogP contribution in [-0.4, -0.2) is 67.8 Å². The Kier molecular flexibility index (Phi) is 8.35. The number of carbonyl (C=O) groups is 2. The molecule has 3 aliphatic rings. The van der Waals surface area contributed by atoms with Gasteiger partial charge < -0.3 is 20.1 Å². The SMILES string of the molecule is O=C(CC1CCCO1)Nc1ccc2ncn(CC3(O)CCN(C(=O)C4CCCCC4c4ccccc4)CC3)c(=O)c2n1. The highest BCUT2D eigenvalue weighted by atomic mass is 16.5. The molecule has 1 saturated carbocycles. The minimum Gasteiger partial charge on any atom is -0.388 e. The molecule has 3 fully saturated rings. The van der Waals surface area contributed by atoms with E-state index in [9.17, 15) is 19.5 Å². The number of piperidine rings is 1. The molecule has 6 rings (SSSR count). The van der Waals surface area contributed by atoms with Gasteiger partial charge in [-0.1, -0.05) is 43.2 Å². The molecule has 10 nitrogen and oxygen atoms in total. The first kappa shape index (κ1) is 28.5. The third kappa shape index (κ3) is 6.24. The highest BCUT2D eigenvalue weighted by molar-refractivity contribution is 5.91. The van der Waals surface area contributed by atoms with Gasteiger partial charge in [0.1, 0.15) is 5.82 Å². The Morgan fingerprint density at radius 3 is 2.57 bits per heavy atom. The van der Waals surface area contributed by atoms with Gasteiger partial charge in [-0.05, 0) is 62.1 Å². The van der Waals surface area contributed by atoms with Crippen LogP contribution >= 0.6 is 0 Å². The van der Waals surface area contributed by atoms with E-state index in [0.717, 1.165) is 38.5 Å². The Hall–Kier alpha value is -3.63. The molecule has 2 amide bonds. The van der Waals surface area contributed by atoms with E-state index in [-0.39, 0.29) is 59.6 Å². The van der Waals surface area contributed by atoms with Crippen LogP contribution in [0.1, 0.15) is 69.3 Å². The zero-order valence-electron chi connectivity index (χ0n) is 23.9. The number of benzene rings is 1. The number of amides is 2.